The van der Waals surface area contributed by atoms with Crippen LogP contribution in [0.4, 0.5) is 9.59 Å². The van der Waals surface area contributed by atoms with Gasteiger partial charge < -0.3 is 24.6 Å². The zero-order chi connectivity index (χ0) is 26.2. The van der Waals surface area contributed by atoms with Gasteiger partial charge in [0, 0.05) is 38.6 Å². The number of amides is 2. The first kappa shape index (κ1) is 28.8. The molecule has 0 aromatic carbocycles. The van der Waals surface area contributed by atoms with E-state index in [4.69, 9.17) is 9.47 Å². The summed E-state index contributed by atoms with van der Waals surface area (Å²) in [5, 5.41) is 6.62. The molecule has 0 radical (unpaired) electrons. The van der Waals surface area contributed by atoms with Gasteiger partial charge in [-0.15, -0.1) is 0 Å². The van der Waals surface area contributed by atoms with Crippen LogP contribution in [0.5, 0.6) is 0 Å². The number of nitrogens with one attached hydrogen (secondary N) is 2. The second-order valence-corrected chi connectivity index (χ2v) is 10.3. The average Bonchev–Trinajstić information content (AvgIpc) is 3.23. The predicted molar refractivity (Wildman–Crippen MR) is 132 cm³/mol. The standard InChI is InChI=1S/C25H42N4O6/c1-18(2)21(31)25-11-13-29(17-25)23(33)35-15-8-7-14-34-22(32)28(6)12-9-10-24(5,27-19(3)4)20(30)16-26-25/h7-8,18-19,26-27H,9-17H2,1-6H3/b8-7+/t24-,25+/m1/s1. The van der Waals surface area contributed by atoms with Crippen LogP contribution in [0.2, 0.25) is 0 Å². The molecule has 2 N–H and O–H groups in total. The Labute approximate surface area is 208 Å². The third-order valence-electron chi connectivity index (χ3n) is 6.59. The largest absolute Gasteiger partial charge is 0.445 e. The molecule has 10 nitrogen and oxygen atoms in total. The van der Waals surface area contributed by atoms with E-state index in [0.29, 0.717) is 32.4 Å². The fraction of sp³-hybridized carbons (Fsp3) is 0.760. The summed E-state index contributed by atoms with van der Waals surface area (Å²) >= 11 is 0. The van der Waals surface area contributed by atoms with Gasteiger partial charge in [0.2, 0.25) is 0 Å². The lowest BCUT2D eigenvalue weighted by atomic mass is 9.84. The third-order valence-corrected chi connectivity index (χ3v) is 6.59. The number of hydrogen-bond acceptors (Lipinski definition) is 8. The Kier molecular flexibility index (Phi) is 10.3. The van der Waals surface area contributed by atoms with Crippen molar-refractivity contribution < 1.29 is 28.7 Å². The second kappa shape index (κ2) is 12.5. The molecule has 10 heteroatoms. The first-order chi connectivity index (χ1) is 16.4. The van der Waals surface area contributed by atoms with Crippen LogP contribution < -0.4 is 10.6 Å². The van der Waals surface area contributed by atoms with Gasteiger partial charge in [0.05, 0.1) is 17.6 Å². The molecule has 1 saturated heterocycles. The molecule has 2 bridgehead atoms. The molecular weight excluding hydrogens is 452 g/mol. The van der Waals surface area contributed by atoms with Crippen molar-refractivity contribution in [2.45, 2.75) is 71.0 Å². The Morgan fingerprint density at radius 1 is 1.03 bits per heavy atom. The van der Waals surface area contributed by atoms with Crippen LogP contribution in [0.3, 0.4) is 0 Å². The van der Waals surface area contributed by atoms with Crippen LogP contribution in [-0.4, -0.2) is 97.1 Å². The fourth-order valence-electron chi connectivity index (χ4n) is 4.66. The maximum Gasteiger partial charge on any atom is 0.410 e. The highest BCUT2D eigenvalue weighted by molar-refractivity contribution is 5.94. The quantitative estimate of drug-likeness (QED) is 0.571. The lowest BCUT2D eigenvalue weighted by molar-refractivity contribution is -0.129. The molecule has 198 valence electrons. The minimum Gasteiger partial charge on any atom is -0.445 e. The van der Waals surface area contributed by atoms with Gasteiger partial charge in [0.25, 0.3) is 0 Å². The maximum absolute atomic E-state index is 13.5. The zero-order valence-corrected chi connectivity index (χ0v) is 22.0. The summed E-state index contributed by atoms with van der Waals surface area (Å²) in [6, 6.07) is 0.0584. The highest BCUT2D eigenvalue weighted by Gasteiger charge is 2.47. The predicted octanol–water partition coefficient (Wildman–Crippen LogP) is 2.13. The van der Waals surface area contributed by atoms with E-state index in [2.05, 4.69) is 10.6 Å². The second-order valence-electron chi connectivity index (χ2n) is 10.3. The van der Waals surface area contributed by atoms with E-state index in [9.17, 15) is 19.2 Å². The summed E-state index contributed by atoms with van der Waals surface area (Å²) in [6.07, 6.45) is 3.76. The fourth-order valence-corrected chi connectivity index (χ4v) is 4.66. The summed E-state index contributed by atoms with van der Waals surface area (Å²) in [6.45, 7) is 10.5. The Morgan fingerprint density at radius 2 is 1.66 bits per heavy atom. The lowest BCUT2D eigenvalue weighted by Crippen LogP contribution is -2.61. The van der Waals surface area contributed by atoms with Gasteiger partial charge in [0.15, 0.2) is 11.6 Å². The number of fused-ring (bicyclic) bond motifs is 2. The Hall–Kier alpha value is -2.46. The number of nitrogens with zero attached hydrogens (tertiary/aromatic N) is 2. The normalized spacial score (nSPS) is 28.9. The number of hydrogen-bond donors (Lipinski definition) is 2. The molecule has 0 saturated carbocycles. The first-order valence-corrected chi connectivity index (χ1v) is 12.4. The third kappa shape index (κ3) is 7.76. The molecule has 2 atom stereocenters. The number of ether oxygens (including phenoxy) is 2. The SMILES string of the molecule is CC(C)N[C@]1(C)CCCN(C)C(=O)OC/C=C/COC(=O)N2CC[C@@](C(=O)C(C)C)(C2)NCC1=O. The Bertz CT molecular complexity index is 814. The molecule has 35 heavy (non-hydrogen) atoms. The molecule has 2 rings (SSSR count). The monoisotopic (exact) mass is 494 g/mol. The van der Waals surface area contributed by atoms with Gasteiger partial charge in [-0.25, -0.2) is 9.59 Å². The Balaban J connectivity index is 2.29. The molecule has 0 spiro atoms. The van der Waals surface area contributed by atoms with E-state index >= 15 is 0 Å². The number of cyclic esters (lactones) is 2. The van der Waals surface area contributed by atoms with Crippen molar-refractivity contribution in [3.05, 3.63) is 12.2 Å². The number of carbonyl (C=O) groups excluding carboxylic acids is 4. The van der Waals surface area contributed by atoms with Crippen molar-refractivity contribution in [1.82, 2.24) is 20.4 Å². The lowest BCUT2D eigenvalue weighted by Gasteiger charge is -2.35. The van der Waals surface area contributed by atoms with Crippen molar-refractivity contribution in [3.8, 4) is 0 Å². The van der Waals surface area contributed by atoms with Gasteiger partial charge in [-0.3, -0.25) is 14.9 Å². The van der Waals surface area contributed by atoms with E-state index in [-0.39, 0.29) is 49.8 Å². The van der Waals surface area contributed by atoms with Crippen LogP contribution in [-0.2, 0) is 19.1 Å². The molecule has 0 aromatic rings. The Morgan fingerprint density at radius 3 is 2.26 bits per heavy atom. The molecule has 0 aromatic heterocycles. The van der Waals surface area contributed by atoms with Crippen molar-refractivity contribution in [1.29, 1.82) is 0 Å². The van der Waals surface area contributed by atoms with Crippen LogP contribution >= 0.6 is 0 Å². The van der Waals surface area contributed by atoms with Crippen LogP contribution in [0, 0.1) is 5.92 Å². The van der Waals surface area contributed by atoms with Crippen molar-refractivity contribution in [2.75, 3.05) is 46.4 Å². The molecule has 1 fully saturated rings. The van der Waals surface area contributed by atoms with E-state index in [0.717, 1.165) is 0 Å². The smallest absolute Gasteiger partial charge is 0.410 e. The number of Topliss-reactive ketones (excluding diaryl/α,β-unsaturated/α-hetero) is 2. The number of carbonyl (C=O) groups is 4. The summed E-state index contributed by atoms with van der Waals surface area (Å²) in [7, 11) is 1.65. The van der Waals surface area contributed by atoms with Gasteiger partial charge in [-0.1, -0.05) is 13.8 Å². The van der Waals surface area contributed by atoms with E-state index in [1.54, 1.807) is 19.2 Å². The van der Waals surface area contributed by atoms with Gasteiger partial charge in [-0.2, -0.15) is 0 Å². The van der Waals surface area contributed by atoms with Gasteiger partial charge >= 0.3 is 12.2 Å². The summed E-state index contributed by atoms with van der Waals surface area (Å²) < 4.78 is 10.5. The average molecular weight is 495 g/mol. The van der Waals surface area contributed by atoms with Crippen LogP contribution in [0.25, 0.3) is 0 Å². The summed E-state index contributed by atoms with van der Waals surface area (Å²) in [5.74, 6) is -0.357. The van der Waals surface area contributed by atoms with Gasteiger partial charge in [0.1, 0.15) is 13.2 Å². The summed E-state index contributed by atoms with van der Waals surface area (Å²) in [4.78, 5) is 54.5. The topological polar surface area (TPSA) is 117 Å². The van der Waals surface area contributed by atoms with E-state index in [1.165, 1.54) is 9.80 Å². The maximum atomic E-state index is 13.5. The van der Waals surface area contributed by atoms with Crippen molar-refractivity contribution >= 4 is 23.8 Å². The highest BCUT2D eigenvalue weighted by atomic mass is 16.6. The highest BCUT2D eigenvalue weighted by Crippen LogP contribution is 2.27. The molecule has 2 aliphatic heterocycles. The van der Waals surface area contributed by atoms with Crippen molar-refractivity contribution in [3.63, 3.8) is 0 Å². The molecule has 2 aliphatic rings. The summed E-state index contributed by atoms with van der Waals surface area (Å²) in [5.41, 5.74) is -1.85. The first-order valence-electron chi connectivity index (χ1n) is 12.4. The molecule has 0 aliphatic carbocycles. The van der Waals surface area contributed by atoms with Crippen molar-refractivity contribution in [2.24, 2.45) is 5.92 Å². The number of ketones is 2. The molecule has 0 unspecified atom stereocenters. The van der Waals surface area contributed by atoms with Crippen LogP contribution in [0.1, 0.15) is 53.9 Å². The van der Waals surface area contributed by atoms with Gasteiger partial charge in [-0.05, 0) is 52.2 Å². The molecule has 2 heterocycles. The molecule has 2 amide bonds. The molecular formula is C25H42N4O6. The van der Waals surface area contributed by atoms with E-state index in [1.807, 2.05) is 34.6 Å². The zero-order valence-electron chi connectivity index (χ0n) is 22.0. The number of rotatable bonds is 4. The minimum atomic E-state index is -0.999. The van der Waals surface area contributed by atoms with E-state index < -0.39 is 23.3 Å². The van der Waals surface area contributed by atoms with Crippen LogP contribution in [0.15, 0.2) is 12.2 Å². The minimum absolute atomic E-state index is 0.0157.